The molecule has 1 amide bonds. The van der Waals surface area contributed by atoms with Gasteiger partial charge in [-0.05, 0) is 103 Å². The van der Waals surface area contributed by atoms with Gasteiger partial charge in [-0.25, -0.2) is 0 Å². The fourth-order valence-corrected chi connectivity index (χ4v) is 7.98. The van der Waals surface area contributed by atoms with Crippen molar-refractivity contribution in [3.8, 4) is 5.75 Å². The lowest BCUT2D eigenvalue weighted by Crippen LogP contribution is -2.44. The Hall–Kier alpha value is -2.15. The number of allylic oxidation sites excluding steroid dienone is 1. The average molecular weight is 597 g/mol. The highest BCUT2D eigenvalue weighted by molar-refractivity contribution is 7.98. The van der Waals surface area contributed by atoms with E-state index in [-0.39, 0.29) is 23.0 Å². The van der Waals surface area contributed by atoms with Gasteiger partial charge in [-0.2, -0.15) is 0 Å². The first-order valence-electron chi connectivity index (χ1n) is 15.4. The molecule has 1 fully saturated rings. The van der Waals surface area contributed by atoms with Crippen LogP contribution in [0.15, 0.2) is 48.6 Å². The zero-order valence-corrected chi connectivity index (χ0v) is 26.4. The van der Waals surface area contributed by atoms with Gasteiger partial charge in [0.25, 0.3) is 5.91 Å². The van der Waals surface area contributed by atoms with Crippen molar-refractivity contribution in [1.29, 1.82) is 0 Å². The first-order chi connectivity index (χ1) is 19.7. The first kappa shape index (κ1) is 30.3. The monoisotopic (exact) mass is 596 g/mol. The number of benzene rings is 2. The normalized spacial score (nSPS) is 29.5. The van der Waals surface area contributed by atoms with Gasteiger partial charge in [-0.3, -0.25) is 9.52 Å². The van der Waals surface area contributed by atoms with Crippen LogP contribution in [-0.4, -0.2) is 42.1 Å². The van der Waals surface area contributed by atoms with Gasteiger partial charge in [0.05, 0.1) is 18.4 Å². The van der Waals surface area contributed by atoms with Crippen LogP contribution in [0.5, 0.6) is 5.75 Å². The zero-order valence-electron chi connectivity index (χ0n) is 24.8. The Morgan fingerprint density at radius 1 is 1.17 bits per heavy atom. The second kappa shape index (κ2) is 13.4. The SMILES string of the molecule is CCCc1cc(Cl)ccc1[C@@H]1COc2ccc3cc2N(C1)C[C@@H]1CCC1C(O)/C=C/C[C@@H](C)C(C(C)C)SNC3=O. The van der Waals surface area contributed by atoms with Crippen LogP contribution >= 0.6 is 23.5 Å². The summed E-state index contributed by atoms with van der Waals surface area (Å²) in [6, 6.07) is 12.1. The number of hydrogen-bond donors (Lipinski definition) is 2. The molecule has 2 bridgehead atoms. The summed E-state index contributed by atoms with van der Waals surface area (Å²) in [5.74, 6) is 2.30. The Morgan fingerprint density at radius 3 is 2.73 bits per heavy atom. The number of amides is 1. The highest BCUT2D eigenvalue weighted by Gasteiger charge is 2.38. The number of halogens is 1. The fraction of sp³-hybridized carbons (Fsp3) is 0.559. The summed E-state index contributed by atoms with van der Waals surface area (Å²) in [7, 11) is 0. The maximum absolute atomic E-state index is 13.4. The van der Waals surface area contributed by atoms with Crippen LogP contribution in [0.25, 0.3) is 0 Å². The van der Waals surface area contributed by atoms with E-state index in [0.29, 0.717) is 29.9 Å². The Kier molecular flexibility index (Phi) is 9.93. The fourth-order valence-electron chi connectivity index (χ4n) is 6.81. The molecule has 5 nitrogen and oxygen atoms in total. The summed E-state index contributed by atoms with van der Waals surface area (Å²) in [6.45, 7) is 11.0. The maximum Gasteiger partial charge on any atom is 0.261 e. The van der Waals surface area contributed by atoms with Crippen molar-refractivity contribution < 1.29 is 14.6 Å². The van der Waals surface area contributed by atoms with Crippen LogP contribution in [0.1, 0.15) is 80.8 Å². The third-order valence-corrected chi connectivity index (χ3v) is 11.0. The molecule has 7 heteroatoms. The molecular formula is C34H45ClN2O3S. The number of nitrogens with zero attached hydrogens (tertiary/aromatic N) is 1. The lowest BCUT2D eigenvalue weighted by molar-refractivity contribution is 0.0461. The molecule has 41 heavy (non-hydrogen) atoms. The number of ether oxygens (including phenoxy) is 1. The van der Waals surface area contributed by atoms with Crippen LogP contribution in [-0.2, 0) is 6.42 Å². The second-order valence-corrected chi connectivity index (χ2v) is 14.0. The molecule has 0 radical (unpaired) electrons. The highest BCUT2D eigenvalue weighted by Crippen LogP contribution is 2.43. The van der Waals surface area contributed by atoms with Crippen molar-refractivity contribution in [2.75, 3.05) is 24.6 Å². The van der Waals surface area contributed by atoms with E-state index in [1.165, 1.54) is 23.1 Å². The molecule has 3 aliphatic rings. The Bertz CT molecular complexity index is 1250. The Labute approximate surface area is 255 Å². The highest BCUT2D eigenvalue weighted by atomic mass is 35.5. The van der Waals surface area contributed by atoms with Gasteiger partial charge in [-0.15, -0.1) is 0 Å². The van der Waals surface area contributed by atoms with Crippen LogP contribution in [0.4, 0.5) is 5.69 Å². The first-order valence-corrected chi connectivity index (χ1v) is 16.6. The predicted molar refractivity (Wildman–Crippen MR) is 171 cm³/mol. The largest absolute Gasteiger partial charge is 0.491 e. The molecule has 1 aliphatic carbocycles. The number of carbonyl (C=O) groups excluding carboxylic acids is 1. The van der Waals surface area contributed by atoms with Crippen molar-refractivity contribution in [2.45, 2.75) is 77.1 Å². The van der Waals surface area contributed by atoms with Crippen molar-refractivity contribution in [1.82, 2.24) is 4.72 Å². The molecule has 1 saturated carbocycles. The van der Waals surface area contributed by atoms with Gasteiger partial charge < -0.3 is 14.7 Å². The van der Waals surface area contributed by atoms with Crippen molar-refractivity contribution in [3.05, 3.63) is 70.3 Å². The molecule has 6 atom stereocenters. The lowest BCUT2D eigenvalue weighted by Gasteiger charge is -2.42. The standard InChI is InChI=1S/C34H45ClN2O3S/c1-5-7-23-16-27(35)12-14-28(23)26-19-37-18-25-10-13-29(25)31(38)9-6-8-22(4)33(21(2)3)41-36-34(39)24-11-15-32(40-20-26)30(37)17-24/h6,9,11-12,14-17,21-22,25-26,29,31,33,38H,5,7-8,10,13,18-20H2,1-4H3,(H,36,39)/b9-6+/t22-,25+,26+,29?,31?,33?/m1/s1. The topological polar surface area (TPSA) is 61.8 Å². The third kappa shape index (κ3) is 6.92. The smallest absolute Gasteiger partial charge is 0.261 e. The van der Waals surface area contributed by atoms with Gasteiger partial charge in [-0.1, -0.05) is 63.9 Å². The number of nitrogens with one attached hydrogen (secondary N) is 1. The Morgan fingerprint density at radius 2 is 2.00 bits per heavy atom. The summed E-state index contributed by atoms with van der Waals surface area (Å²) < 4.78 is 9.62. The minimum absolute atomic E-state index is 0.0705. The molecule has 2 N–H and O–H groups in total. The van der Waals surface area contributed by atoms with E-state index in [0.717, 1.165) is 61.7 Å². The molecule has 0 aromatic heterocycles. The molecule has 2 aromatic rings. The summed E-state index contributed by atoms with van der Waals surface area (Å²) in [5, 5.41) is 12.2. The van der Waals surface area contributed by atoms with Crippen LogP contribution in [0.2, 0.25) is 5.02 Å². The van der Waals surface area contributed by atoms with Gasteiger partial charge >= 0.3 is 0 Å². The lowest BCUT2D eigenvalue weighted by atomic mass is 9.70. The molecule has 3 unspecified atom stereocenters. The second-order valence-electron chi connectivity index (χ2n) is 12.6. The van der Waals surface area contributed by atoms with E-state index in [1.807, 2.05) is 30.3 Å². The molecule has 0 spiro atoms. The number of aliphatic hydroxyl groups is 1. The molecule has 5 rings (SSSR count). The predicted octanol–water partition coefficient (Wildman–Crippen LogP) is 7.66. The molecule has 2 heterocycles. The molecule has 2 aliphatic heterocycles. The zero-order chi connectivity index (χ0) is 29.1. The summed E-state index contributed by atoms with van der Waals surface area (Å²) in [6.07, 6.45) is 8.77. The maximum atomic E-state index is 13.4. The van der Waals surface area contributed by atoms with Gasteiger partial charge in [0.1, 0.15) is 5.75 Å². The van der Waals surface area contributed by atoms with E-state index < -0.39 is 6.10 Å². The van der Waals surface area contributed by atoms with E-state index in [2.05, 4.69) is 55.5 Å². The number of carbonyl (C=O) groups is 1. The minimum Gasteiger partial charge on any atom is -0.491 e. The summed E-state index contributed by atoms with van der Waals surface area (Å²) >= 11 is 7.93. The number of anilines is 1. The molecule has 222 valence electrons. The summed E-state index contributed by atoms with van der Waals surface area (Å²) in [4.78, 5) is 15.8. The number of rotatable bonds is 4. The van der Waals surface area contributed by atoms with Crippen LogP contribution in [0.3, 0.4) is 0 Å². The molecule has 2 aromatic carbocycles. The minimum atomic E-state index is -0.434. The molecule has 0 saturated heterocycles. The van der Waals surface area contributed by atoms with Crippen LogP contribution < -0.4 is 14.4 Å². The van der Waals surface area contributed by atoms with Gasteiger partial charge in [0.2, 0.25) is 0 Å². The number of hydrogen-bond acceptors (Lipinski definition) is 5. The summed E-state index contributed by atoms with van der Waals surface area (Å²) in [5.41, 5.74) is 4.18. The van der Waals surface area contributed by atoms with Gasteiger partial charge in [0.15, 0.2) is 0 Å². The van der Waals surface area contributed by atoms with Crippen molar-refractivity contribution >= 4 is 35.1 Å². The van der Waals surface area contributed by atoms with E-state index in [9.17, 15) is 9.90 Å². The van der Waals surface area contributed by atoms with E-state index in [4.69, 9.17) is 16.3 Å². The average Bonchev–Trinajstić information content (AvgIpc) is 3.09. The van der Waals surface area contributed by atoms with Crippen LogP contribution in [0, 0.1) is 23.7 Å². The Balaban J connectivity index is 1.50. The number of fused-ring (bicyclic) bond motifs is 2. The number of aryl methyl sites for hydroxylation is 1. The quantitative estimate of drug-likeness (QED) is 0.280. The molecular weight excluding hydrogens is 552 g/mol. The van der Waals surface area contributed by atoms with Crippen molar-refractivity contribution in [2.24, 2.45) is 23.7 Å². The third-order valence-electron chi connectivity index (χ3n) is 9.22. The van der Waals surface area contributed by atoms with Crippen molar-refractivity contribution in [3.63, 3.8) is 0 Å². The van der Waals surface area contributed by atoms with E-state index >= 15 is 0 Å². The van der Waals surface area contributed by atoms with Gasteiger partial charge in [0, 0.05) is 34.8 Å². The number of aliphatic hydroxyl groups excluding tert-OH is 1. The van der Waals surface area contributed by atoms with E-state index in [1.54, 1.807) is 0 Å².